The zero-order chi connectivity index (χ0) is 23.7. The molecule has 2 heterocycles. The summed E-state index contributed by atoms with van der Waals surface area (Å²) in [6, 6.07) is 28.2. The second-order valence-corrected chi connectivity index (χ2v) is 9.18. The molecule has 0 spiro atoms. The first-order valence-corrected chi connectivity index (χ1v) is 11.9. The number of rotatable bonds is 7. The molecule has 1 amide bonds. The van der Waals surface area contributed by atoms with Gasteiger partial charge in [-0.3, -0.25) is 4.79 Å². The number of carbonyl (C=O) groups is 2. The molecule has 6 heteroatoms. The molecule has 3 atom stereocenters. The van der Waals surface area contributed by atoms with Crippen LogP contribution in [-0.2, 0) is 9.59 Å². The number of hydrogen-bond acceptors (Lipinski definition) is 4. The molecule has 0 saturated carbocycles. The highest BCUT2D eigenvalue weighted by molar-refractivity contribution is 7.13. The van der Waals surface area contributed by atoms with Crippen LogP contribution in [0, 0.1) is 0 Å². The minimum absolute atomic E-state index is 0.322. The van der Waals surface area contributed by atoms with Crippen molar-refractivity contribution in [2.75, 3.05) is 0 Å². The van der Waals surface area contributed by atoms with E-state index in [2.05, 4.69) is 35.7 Å². The Morgan fingerprint density at radius 3 is 2.09 bits per heavy atom. The zero-order valence-electron chi connectivity index (χ0n) is 18.5. The van der Waals surface area contributed by atoms with Crippen LogP contribution in [0.3, 0.4) is 0 Å². The minimum atomic E-state index is -1.04. The third-order valence-corrected chi connectivity index (χ3v) is 7.06. The summed E-state index contributed by atoms with van der Waals surface area (Å²) >= 11 is 1.71. The lowest BCUT2D eigenvalue weighted by Crippen LogP contribution is -2.65. The molecule has 0 radical (unpaired) electrons. The molecule has 5 rings (SSSR count). The largest absolute Gasteiger partial charge is 0.480 e. The molecule has 0 bridgehead atoms. The van der Waals surface area contributed by atoms with E-state index in [0.717, 1.165) is 16.7 Å². The Bertz CT molecular complexity index is 1280. The summed E-state index contributed by atoms with van der Waals surface area (Å²) in [6.07, 6.45) is -0.764. The molecular formula is C28H23NO4S. The number of carbonyl (C=O) groups excluding carboxylic acids is 1. The predicted octanol–water partition coefficient (Wildman–Crippen LogP) is 5.89. The number of thiophene rings is 1. The number of nitrogens with zero attached hydrogens (tertiary/aromatic N) is 1. The van der Waals surface area contributed by atoms with Crippen LogP contribution in [0.1, 0.15) is 18.5 Å². The van der Waals surface area contributed by atoms with Crippen LogP contribution in [0.25, 0.3) is 21.6 Å². The van der Waals surface area contributed by atoms with Crippen LogP contribution in [0.4, 0.5) is 0 Å². The van der Waals surface area contributed by atoms with Gasteiger partial charge in [0.25, 0.3) is 5.91 Å². The van der Waals surface area contributed by atoms with Crippen molar-refractivity contribution in [1.82, 2.24) is 4.90 Å². The summed E-state index contributed by atoms with van der Waals surface area (Å²) in [6.45, 7) is 1.52. The predicted molar refractivity (Wildman–Crippen MR) is 133 cm³/mol. The summed E-state index contributed by atoms with van der Waals surface area (Å²) in [5, 5.41) is 11.6. The normalized spacial score (nSPS) is 18.3. The number of benzene rings is 3. The second kappa shape index (κ2) is 9.15. The third kappa shape index (κ3) is 4.08. The van der Waals surface area contributed by atoms with E-state index in [1.165, 1.54) is 22.3 Å². The lowest BCUT2D eigenvalue weighted by molar-refractivity contribution is -0.175. The quantitative estimate of drug-likeness (QED) is 0.343. The Hall–Kier alpha value is -3.90. The number of aliphatic carboxylic acids is 1. The SMILES string of the molecule is C[C@@H](C(=O)O)N1C(=O)C(Oc2ccccc2)C1c1ccc(-c2ccc(-c3cccs3)cc2)cc1. The second-order valence-electron chi connectivity index (χ2n) is 8.23. The van der Waals surface area contributed by atoms with Gasteiger partial charge < -0.3 is 14.7 Å². The molecule has 1 fully saturated rings. The van der Waals surface area contributed by atoms with Gasteiger partial charge in [-0.05, 0) is 52.8 Å². The molecule has 1 aliphatic heterocycles. The maximum atomic E-state index is 12.9. The van der Waals surface area contributed by atoms with Gasteiger partial charge in [-0.1, -0.05) is 72.8 Å². The van der Waals surface area contributed by atoms with Gasteiger partial charge in [-0.2, -0.15) is 0 Å². The summed E-state index contributed by atoms with van der Waals surface area (Å²) in [5.41, 5.74) is 4.16. The molecule has 1 aliphatic rings. The highest BCUT2D eigenvalue weighted by atomic mass is 32.1. The zero-order valence-corrected chi connectivity index (χ0v) is 19.3. The molecular weight excluding hydrogens is 446 g/mol. The maximum Gasteiger partial charge on any atom is 0.326 e. The number of ether oxygens (including phenoxy) is 1. The van der Waals surface area contributed by atoms with Crippen LogP contribution >= 0.6 is 11.3 Å². The average molecular weight is 470 g/mol. The first kappa shape index (κ1) is 21.9. The lowest BCUT2D eigenvalue weighted by atomic mass is 9.87. The fourth-order valence-electron chi connectivity index (χ4n) is 4.27. The molecule has 2 unspecified atom stereocenters. The van der Waals surface area contributed by atoms with Crippen molar-refractivity contribution < 1.29 is 19.4 Å². The lowest BCUT2D eigenvalue weighted by Gasteiger charge is -2.48. The van der Waals surface area contributed by atoms with Crippen molar-refractivity contribution in [1.29, 1.82) is 0 Å². The van der Waals surface area contributed by atoms with Gasteiger partial charge in [0.15, 0.2) is 0 Å². The van der Waals surface area contributed by atoms with Gasteiger partial charge >= 0.3 is 5.97 Å². The number of likely N-dealkylation sites (tertiary alicyclic amines) is 1. The molecule has 0 aliphatic carbocycles. The average Bonchev–Trinajstić information content (AvgIpc) is 3.41. The van der Waals surface area contributed by atoms with Crippen molar-refractivity contribution in [3.05, 3.63) is 102 Å². The van der Waals surface area contributed by atoms with Crippen molar-refractivity contribution >= 4 is 23.2 Å². The molecule has 4 aromatic rings. The van der Waals surface area contributed by atoms with Gasteiger partial charge in [-0.15, -0.1) is 11.3 Å². The van der Waals surface area contributed by atoms with E-state index in [-0.39, 0.29) is 5.91 Å². The van der Waals surface area contributed by atoms with Crippen LogP contribution < -0.4 is 4.74 Å². The number of hydrogen-bond donors (Lipinski definition) is 1. The Balaban J connectivity index is 1.40. The third-order valence-electron chi connectivity index (χ3n) is 6.14. The van der Waals surface area contributed by atoms with Crippen LogP contribution in [0.15, 0.2) is 96.4 Å². The summed E-state index contributed by atoms with van der Waals surface area (Å²) < 4.78 is 5.97. The Morgan fingerprint density at radius 2 is 1.50 bits per heavy atom. The number of para-hydroxylation sites is 1. The monoisotopic (exact) mass is 469 g/mol. The number of carboxylic acids is 1. The molecule has 1 N–H and O–H groups in total. The molecule has 3 aromatic carbocycles. The maximum absolute atomic E-state index is 12.9. The fourth-order valence-corrected chi connectivity index (χ4v) is 5.01. The Kier molecular flexibility index (Phi) is 5.90. The van der Waals surface area contributed by atoms with Gasteiger partial charge in [-0.25, -0.2) is 4.79 Å². The highest BCUT2D eigenvalue weighted by Crippen LogP contribution is 2.40. The first-order valence-electron chi connectivity index (χ1n) is 11.0. The van der Waals surface area contributed by atoms with Crippen LogP contribution in [0.2, 0.25) is 0 Å². The molecule has 1 aromatic heterocycles. The number of amides is 1. The fraction of sp³-hybridized carbons (Fsp3) is 0.143. The first-order chi connectivity index (χ1) is 16.5. The topological polar surface area (TPSA) is 66.8 Å². The Morgan fingerprint density at radius 1 is 0.882 bits per heavy atom. The van der Waals surface area contributed by atoms with E-state index < -0.39 is 24.2 Å². The van der Waals surface area contributed by atoms with E-state index in [1.807, 2.05) is 48.5 Å². The van der Waals surface area contributed by atoms with Gasteiger partial charge in [0.1, 0.15) is 17.8 Å². The highest BCUT2D eigenvalue weighted by Gasteiger charge is 2.53. The molecule has 5 nitrogen and oxygen atoms in total. The van der Waals surface area contributed by atoms with E-state index in [4.69, 9.17) is 4.74 Å². The van der Waals surface area contributed by atoms with E-state index in [9.17, 15) is 14.7 Å². The number of carboxylic acid groups (broad SMARTS) is 1. The number of β-lactam (4-membered cyclic amide) rings is 1. The van der Waals surface area contributed by atoms with Gasteiger partial charge in [0.2, 0.25) is 6.10 Å². The van der Waals surface area contributed by atoms with Crippen molar-refractivity contribution in [3.8, 4) is 27.3 Å². The summed E-state index contributed by atoms with van der Waals surface area (Å²) in [5.74, 6) is -0.785. The molecule has 1 saturated heterocycles. The van der Waals surface area contributed by atoms with E-state index in [0.29, 0.717) is 5.75 Å². The Labute approximate surface area is 201 Å². The minimum Gasteiger partial charge on any atom is -0.480 e. The molecule has 170 valence electrons. The summed E-state index contributed by atoms with van der Waals surface area (Å²) in [4.78, 5) is 27.1. The van der Waals surface area contributed by atoms with Crippen molar-refractivity contribution in [3.63, 3.8) is 0 Å². The van der Waals surface area contributed by atoms with E-state index >= 15 is 0 Å². The summed E-state index contributed by atoms with van der Waals surface area (Å²) in [7, 11) is 0. The standard InChI is InChI=1S/C28H23NO4S/c1-18(28(31)32)29-25(26(27(29)30)33-23-6-3-2-4-7-23)22-15-11-20(12-16-22)19-9-13-21(14-10-19)24-8-5-17-34-24/h2-18,25-26H,1H3,(H,31,32)/t18-,25?,26?/m0/s1. The van der Waals surface area contributed by atoms with Crippen LogP contribution in [-0.4, -0.2) is 34.0 Å². The van der Waals surface area contributed by atoms with Gasteiger partial charge in [0.05, 0.1) is 0 Å². The van der Waals surface area contributed by atoms with Crippen molar-refractivity contribution in [2.24, 2.45) is 0 Å². The molecule has 34 heavy (non-hydrogen) atoms. The van der Waals surface area contributed by atoms with E-state index in [1.54, 1.807) is 23.5 Å². The van der Waals surface area contributed by atoms with Gasteiger partial charge in [0, 0.05) is 4.88 Å². The van der Waals surface area contributed by atoms with Crippen LogP contribution in [0.5, 0.6) is 5.75 Å². The smallest absolute Gasteiger partial charge is 0.326 e. The van der Waals surface area contributed by atoms with Crippen molar-refractivity contribution in [2.45, 2.75) is 25.1 Å².